The van der Waals surface area contributed by atoms with Gasteiger partial charge in [0.15, 0.2) is 5.65 Å². The van der Waals surface area contributed by atoms with Gasteiger partial charge < -0.3 is 5.32 Å². The number of aromatic nitrogens is 3. The van der Waals surface area contributed by atoms with Crippen molar-refractivity contribution in [3.63, 3.8) is 0 Å². The summed E-state index contributed by atoms with van der Waals surface area (Å²) in [4.78, 5) is 30.8. The number of halogens is 2. The maximum atomic E-state index is 13.4. The molecular formula is C17H14F2N4O2. The molecule has 1 saturated carbocycles. The molecule has 1 fully saturated rings. The summed E-state index contributed by atoms with van der Waals surface area (Å²) >= 11 is 0. The summed E-state index contributed by atoms with van der Waals surface area (Å²) in [5, 5.41) is 2.81. The summed E-state index contributed by atoms with van der Waals surface area (Å²) in [6.45, 7) is -0.141. The number of aromatic amines is 1. The van der Waals surface area contributed by atoms with E-state index < -0.39 is 17.3 Å². The molecule has 3 aromatic rings. The molecule has 0 spiro atoms. The van der Waals surface area contributed by atoms with E-state index in [1.807, 2.05) is 0 Å². The van der Waals surface area contributed by atoms with Crippen LogP contribution in [0.1, 0.15) is 12.8 Å². The standard InChI is InChI=1S/C17H14F2N4O2/c18-11-3-9(4-12(19)6-11)10-5-14-16(20-7-10)22-17(25)23(14)8-15(24)21-13-1-2-13/h3-7,13H,1-2,8H2,(H,21,24)(H,20,22,25). The quantitative estimate of drug-likeness (QED) is 0.759. The molecule has 2 N–H and O–H groups in total. The molecule has 8 heteroatoms. The minimum atomic E-state index is -0.703. The van der Waals surface area contributed by atoms with E-state index in [1.54, 1.807) is 6.07 Å². The zero-order valence-electron chi connectivity index (χ0n) is 13.1. The van der Waals surface area contributed by atoms with E-state index in [9.17, 15) is 18.4 Å². The van der Waals surface area contributed by atoms with Gasteiger partial charge in [-0.1, -0.05) is 0 Å². The fraction of sp³-hybridized carbons (Fsp3) is 0.235. The number of pyridine rings is 1. The molecule has 25 heavy (non-hydrogen) atoms. The number of imidazole rings is 1. The summed E-state index contributed by atoms with van der Waals surface area (Å²) in [7, 11) is 0. The van der Waals surface area contributed by atoms with E-state index in [2.05, 4.69) is 15.3 Å². The Hall–Kier alpha value is -3.03. The van der Waals surface area contributed by atoms with Crippen molar-refractivity contribution in [2.45, 2.75) is 25.4 Å². The van der Waals surface area contributed by atoms with Gasteiger partial charge in [-0.05, 0) is 36.6 Å². The molecule has 2 heterocycles. The van der Waals surface area contributed by atoms with Crippen LogP contribution in [0, 0.1) is 11.6 Å². The molecule has 1 aromatic carbocycles. The van der Waals surface area contributed by atoms with Gasteiger partial charge in [0.05, 0.1) is 5.52 Å². The molecule has 0 aliphatic heterocycles. The first kappa shape index (κ1) is 15.5. The third-order valence-electron chi connectivity index (χ3n) is 4.07. The van der Waals surface area contributed by atoms with Crippen molar-refractivity contribution in [1.82, 2.24) is 19.9 Å². The van der Waals surface area contributed by atoms with E-state index in [0.717, 1.165) is 18.9 Å². The number of nitrogens with one attached hydrogen (secondary N) is 2. The van der Waals surface area contributed by atoms with Crippen LogP contribution in [0.25, 0.3) is 22.3 Å². The van der Waals surface area contributed by atoms with Gasteiger partial charge in [-0.25, -0.2) is 18.6 Å². The smallest absolute Gasteiger partial charge is 0.328 e. The van der Waals surface area contributed by atoms with Crippen molar-refractivity contribution in [2.75, 3.05) is 0 Å². The normalized spacial score (nSPS) is 14.0. The summed E-state index contributed by atoms with van der Waals surface area (Å²) in [5.41, 5.74) is 0.995. The first-order valence-corrected chi connectivity index (χ1v) is 7.84. The lowest BCUT2D eigenvalue weighted by Gasteiger charge is -2.06. The minimum Gasteiger partial charge on any atom is -0.352 e. The molecule has 0 unspecified atom stereocenters. The topological polar surface area (TPSA) is 79.8 Å². The molecule has 6 nitrogen and oxygen atoms in total. The SMILES string of the molecule is O=C(Cn1c(=O)[nH]c2ncc(-c3cc(F)cc(F)c3)cc21)NC1CC1. The Morgan fingerprint density at radius 1 is 1.20 bits per heavy atom. The second-order valence-electron chi connectivity index (χ2n) is 6.11. The molecule has 1 aliphatic rings. The molecule has 0 atom stereocenters. The maximum Gasteiger partial charge on any atom is 0.328 e. The number of nitrogens with zero attached hydrogens (tertiary/aromatic N) is 2. The molecule has 2 aromatic heterocycles. The van der Waals surface area contributed by atoms with Crippen molar-refractivity contribution < 1.29 is 13.6 Å². The highest BCUT2D eigenvalue weighted by atomic mass is 19.1. The lowest BCUT2D eigenvalue weighted by molar-refractivity contribution is -0.121. The highest BCUT2D eigenvalue weighted by Gasteiger charge is 2.24. The monoisotopic (exact) mass is 344 g/mol. The fourth-order valence-corrected chi connectivity index (χ4v) is 2.71. The van der Waals surface area contributed by atoms with E-state index in [-0.39, 0.29) is 18.5 Å². The summed E-state index contributed by atoms with van der Waals surface area (Å²) in [6, 6.07) is 4.92. The first-order valence-electron chi connectivity index (χ1n) is 7.84. The Morgan fingerprint density at radius 2 is 1.92 bits per heavy atom. The Morgan fingerprint density at radius 3 is 2.60 bits per heavy atom. The zero-order chi connectivity index (χ0) is 17.6. The first-order chi connectivity index (χ1) is 12.0. The minimum absolute atomic E-state index is 0.141. The van der Waals surface area contributed by atoms with Gasteiger partial charge in [0, 0.05) is 23.9 Å². The molecule has 0 bridgehead atoms. The molecule has 4 rings (SSSR count). The van der Waals surface area contributed by atoms with Gasteiger partial charge in [-0.15, -0.1) is 0 Å². The van der Waals surface area contributed by atoms with Crippen LogP contribution in [0.3, 0.4) is 0 Å². The van der Waals surface area contributed by atoms with E-state index in [0.29, 0.717) is 22.3 Å². The number of carbonyl (C=O) groups is 1. The zero-order valence-corrected chi connectivity index (χ0v) is 13.1. The number of rotatable bonds is 4. The number of benzene rings is 1. The van der Waals surface area contributed by atoms with E-state index >= 15 is 0 Å². The predicted octanol–water partition coefficient (Wildman–Crippen LogP) is 1.95. The van der Waals surface area contributed by atoms with Crippen LogP contribution in [-0.2, 0) is 11.3 Å². The number of H-pyrrole nitrogens is 1. The van der Waals surface area contributed by atoms with Crippen molar-refractivity contribution in [3.05, 3.63) is 52.6 Å². The number of hydrogen-bond acceptors (Lipinski definition) is 3. The average Bonchev–Trinajstić information content (AvgIpc) is 3.30. The van der Waals surface area contributed by atoms with Crippen LogP contribution in [0.15, 0.2) is 35.3 Å². The van der Waals surface area contributed by atoms with Crippen molar-refractivity contribution >= 4 is 17.1 Å². The number of carbonyl (C=O) groups excluding carboxylic acids is 1. The van der Waals surface area contributed by atoms with Crippen LogP contribution >= 0.6 is 0 Å². The molecule has 0 saturated heterocycles. The van der Waals surface area contributed by atoms with E-state index in [4.69, 9.17) is 0 Å². The maximum absolute atomic E-state index is 13.4. The van der Waals surface area contributed by atoms with Crippen LogP contribution in [-0.4, -0.2) is 26.5 Å². The predicted molar refractivity (Wildman–Crippen MR) is 86.9 cm³/mol. The average molecular weight is 344 g/mol. The second kappa shape index (κ2) is 5.80. The molecular weight excluding hydrogens is 330 g/mol. The number of fused-ring (bicyclic) bond motifs is 1. The molecule has 0 radical (unpaired) electrons. The van der Waals surface area contributed by atoms with E-state index in [1.165, 1.54) is 22.9 Å². The highest BCUT2D eigenvalue weighted by Crippen LogP contribution is 2.24. The largest absolute Gasteiger partial charge is 0.352 e. The molecule has 128 valence electrons. The highest BCUT2D eigenvalue weighted by molar-refractivity contribution is 5.82. The van der Waals surface area contributed by atoms with Crippen LogP contribution in [0.5, 0.6) is 0 Å². The van der Waals surface area contributed by atoms with Gasteiger partial charge >= 0.3 is 5.69 Å². The van der Waals surface area contributed by atoms with Gasteiger partial charge in [0.2, 0.25) is 5.91 Å². The van der Waals surface area contributed by atoms with Crippen LogP contribution in [0.2, 0.25) is 0 Å². The van der Waals surface area contributed by atoms with Gasteiger partial charge in [-0.2, -0.15) is 0 Å². The van der Waals surface area contributed by atoms with Gasteiger partial charge in [0.25, 0.3) is 0 Å². The summed E-state index contributed by atoms with van der Waals surface area (Å²) < 4.78 is 28.1. The lowest BCUT2D eigenvalue weighted by atomic mass is 10.1. The third kappa shape index (κ3) is 3.15. The molecule has 1 aliphatic carbocycles. The summed E-state index contributed by atoms with van der Waals surface area (Å²) in [5.74, 6) is -1.66. The number of hydrogen-bond donors (Lipinski definition) is 2. The Kier molecular flexibility index (Phi) is 3.60. The van der Waals surface area contributed by atoms with Crippen LogP contribution < -0.4 is 11.0 Å². The second-order valence-corrected chi connectivity index (χ2v) is 6.11. The van der Waals surface area contributed by atoms with Crippen molar-refractivity contribution in [1.29, 1.82) is 0 Å². The molecule has 1 amide bonds. The van der Waals surface area contributed by atoms with Gasteiger partial charge in [-0.3, -0.25) is 14.3 Å². The fourth-order valence-electron chi connectivity index (χ4n) is 2.71. The Balaban J connectivity index is 1.74. The third-order valence-corrected chi connectivity index (χ3v) is 4.07. The van der Waals surface area contributed by atoms with Crippen LogP contribution in [0.4, 0.5) is 8.78 Å². The summed E-state index contributed by atoms with van der Waals surface area (Å²) in [6.07, 6.45) is 3.32. The van der Waals surface area contributed by atoms with Crippen molar-refractivity contribution in [2.24, 2.45) is 0 Å². The Bertz CT molecular complexity index is 1020. The van der Waals surface area contributed by atoms with Crippen molar-refractivity contribution in [3.8, 4) is 11.1 Å². The lowest BCUT2D eigenvalue weighted by Crippen LogP contribution is -2.32. The van der Waals surface area contributed by atoms with Gasteiger partial charge in [0.1, 0.15) is 18.2 Å². The number of amides is 1. The Labute approximate surface area is 140 Å².